The lowest BCUT2D eigenvalue weighted by Gasteiger charge is -2.38. The highest BCUT2D eigenvalue weighted by Crippen LogP contribution is 2.35. The van der Waals surface area contributed by atoms with Crippen LogP contribution in [0.15, 0.2) is 18.5 Å². The Hall–Kier alpha value is -2.18. The van der Waals surface area contributed by atoms with Crippen LogP contribution in [-0.2, 0) is 4.79 Å². The predicted octanol–water partition coefficient (Wildman–Crippen LogP) is 1.59. The Balaban J connectivity index is 1.94. The molecule has 2 heterocycles. The predicted molar refractivity (Wildman–Crippen MR) is 72.2 cm³/mol. The SMILES string of the molecule is CCC1(C(=O)O)CCN(C(=O)Nc2ncccn2)CC1. The molecule has 7 nitrogen and oxygen atoms in total. The molecule has 0 radical (unpaired) electrons. The van der Waals surface area contributed by atoms with E-state index in [9.17, 15) is 14.7 Å². The van der Waals surface area contributed by atoms with Crippen molar-refractivity contribution >= 4 is 17.9 Å². The van der Waals surface area contributed by atoms with Crippen LogP contribution in [0, 0.1) is 5.41 Å². The zero-order valence-electron chi connectivity index (χ0n) is 11.4. The average molecular weight is 278 g/mol. The van der Waals surface area contributed by atoms with Gasteiger partial charge in [-0.3, -0.25) is 10.1 Å². The second-order valence-corrected chi connectivity index (χ2v) is 4.93. The number of likely N-dealkylation sites (tertiary alicyclic amines) is 1. The van der Waals surface area contributed by atoms with Crippen molar-refractivity contribution in [3.63, 3.8) is 0 Å². The standard InChI is InChI=1S/C13H18N4O3/c1-2-13(10(18)19)4-8-17(9-5-13)12(20)16-11-14-6-3-7-15-11/h3,6-7H,2,4-5,8-9H2,1H3,(H,18,19)(H,14,15,16,20). The van der Waals surface area contributed by atoms with Crippen LogP contribution < -0.4 is 5.32 Å². The number of urea groups is 1. The van der Waals surface area contributed by atoms with E-state index in [2.05, 4.69) is 15.3 Å². The maximum Gasteiger partial charge on any atom is 0.324 e. The average Bonchev–Trinajstić information content (AvgIpc) is 2.48. The smallest absolute Gasteiger partial charge is 0.324 e. The summed E-state index contributed by atoms with van der Waals surface area (Å²) in [5, 5.41) is 11.9. The van der Waals surface area contributed by atoms with Gasteiger partial charge in [0.1, 0.15) is 0 Å². The molecule has 0 bridgehead atoms. The van der Waals surface area contributed by atoms with Crippen LogP contribution in [0.3, 0.4) is 0 Å². The first-order valence-corrected chi connectivity index (χ1v) is 6.64. The van der Waals surface area contributed by atoms with Gasteiger partial charge in [0.15, 0.2) is 0 Å². The molecule has 1 aromatic heterocycles. The van der Waals surface area contributed by atoms with Crippen LogP contribution in [-0.4, -0.2) is 45.1 Å². The first kappa shape index (κ1) is 14.2. The summed E-state index contributed by atoms with van der Waals surface area (Å²) in [7, 11) is 0. The molecule has 1 aliphatic rings. The lowest BCUT2D eigenvalue weighted by Crippen LogP contribution is -2.47. The number of amides is 2. The summed E-state index contributed by atoms with van der Waals surface area (Å²) in [5.41, 5.74) is -0.694. The Morgan fingerprint density at radius 2 is 1.95 bits per heavy atom. The van der Waals surface area contributed by atoms with E-state index in [1.165, 1.54) is 0 Å². The lowest BCUT2D eigenvalue weighted by molar-refractivity contribution is -0.151. The fourth-order valence-corrected chi connectivity index (χ4v) is 2.39. The highest BCUT2D eigenvalue weighted by molar-refractivity contribution is 5.87. The van der Waals surface area contributed by atoms with Gasteiger partial charge in [-0.1, -0.05) is 6.92 Å². The van der Waals surface area contributed by atoms with Gasteiger partial charge in [-0.15, -0.1) is 0 Å². The number of carbonyl (C=O) groups excluding carboxylic acids is 1. The first-order chi connectivity index (χ1) is 9.57. The fraction of sp³-hybridized carbons (Fsp3) is 0.538. The first-order valence-electron chi connectivity index (χ1n) is 6.64. The molecule has 2 N–H and O–H groups in total. The third-order valence-electron chi connectivity index (χ3n) is 3.92. The van der Waals surface area contributed by atoms with E-state index < -0.39 is 11.4 Å². The number of carboxylic acid groups (broad SMARTS) is 1. The van der Waals surface area contributed by atoms with Crippen molar-refractivity contribution in [3.8, 4) is 0 Å². The van der Waals surface area contributed by atoms with Gasteiger partial charge >= 0.3 is 12.0 Å². The molecule has 20 heavy (non-hydrogen) atoms. The summed E-state index contributed by atoms with van der Waals surface area (Å²) in [6, 6.07) is 1.38. The second kappa shape index (κ2) is 5.85. The molecular formula is C13H18N4O3. The van der Waals surface area contributed by atoms with Crippen LogP contribution in [0.25, 0.3) is 0 Å². The Labute approximate surface area is 117 Å². The number of carbonyl (C=O) groups is 2. The number of hydrogen-bond acceptors (Lipinski definition) is 4. The van der Waals surface area contributed by atoms with Crippen molar-refractivity contribution in [3.05, 3.63) is 18.5 Å². The van der Waals surface area contributed by atoms with E-state index in [1.54, 1.807) is 23.4 Å². The van der Waals surface area contributed by atoms with Gasteiger partial charge in [0.2, 0.25) is 5.95 Å². The topological polar surface area (TPSA) is 95.4 Å². The number of aromatic nitrogens is 2. The molecule has 0 unspecified atom stereocenters. The number of nitrogens with one attached hydrogen (secondary N) is 1. The third-order valence-corrected chi connectivity index (χ3v) is 3.92. The second-order valence-electron chi connectivity index (χ2n) is 4.93. The summed E-state index contributed by atoms with van der Waals surface area (Å²) in [4.78, 5) is 32.8. The van der Waals surface area contributed by atoms with E-state index in [4.69, 9.17) is 0 Å². The van der Waals surface area contributed by atoms with Gasteiger partial charge in [0, 0.05) is 25.5 Å². The Morgan fingerprint density at radius 3 is 2.45 bits per heavy atom. The molecule has 1 saturated heterocycles. The summed E-state index contributed by atoms with van der Waals surface area (Å²) in [6.07, 6.45) is 4.63. The van der Waals surface area contributed by atoms with Crippen LogP contribution in [0.4, 0.5) is 10.7 Å². The number of piperidine rings is 1. The highest BCUT2D eigenvalue weighted by atomic mass is 16.4. The third kappa shape index (κ3) is 2.87. The number of hydrogen-bond donors (Lipinski definition) is 2. The minimum Gasteiger partial charge on any atom is -0.481 e. The molecule has 7 heteroatoms. The summed E-state index contributed by atoms with van der Waals surface area (Å²) >= 11 is 0. The van der Waals surface area contributed by atoms with Gasteiger partial charge in [-0.05, 0) is 25.3 Å². The number of anilines is 1. The molecule has 0 atom stereocenters. The number of nitrogens with zero attached hydrogens (tertiary/aromatic N) is 3. The van der Waals surface area contributed by atoms with Gasteiger partial charge < -0.3 is 10.0 Å². The maximum atomic E-state index is 12.0. The molecule has 1 fully saturated rings. The molecule has 108 valence electrons. The Bertz CT molecular complexity index is 484. The van der Waals surface area contributed by atoms with Crippen molar-refractivity contribution in [1.29, 1.82) is 0 Å². The molecule has 2 rings (SSSR count). The van der Waals surface area contributed by atoms with E-state index in [-0.39, 0.29) is 12.0 Å². The molecule has 1 aromatic rings. The van der Waals surface area contributed by atoms with E-state index >= 15 is 0 Å². The quantitative estimate of drug-likeness (QED) is 0.875. The Kier molecular flexibility index (Phi) is 4.16. The van der Waals surface area contributed by atoms with E-state index in [0.29, 0.717) is 32.4 Å². The van der Waals surface area contributed by atoms with Crippen molar-refractivity contribution in [2.24, 2.45) is 5.41 Å². The van der Waals surface area contributed by atoms with Crippen molar-refractivity contribution in [2.75, 3.05) is 18.4 Å². The zero-order chi connectivity index (χ0) is 14.6. The fourth-order valence-electron chi connectivity index (χ4n) is 2.39. The largest absolute Gasteiger partial charge is 0.481 e. The van der Waals surface area contributed by atoms with Gasteiger partial charge in [0.25, 0.3) is 0 Å². The summed E-state index contributed by atoms with van der Waals surface area (Å²) < 4.78 is 0. The minimum absolute atomic E-state index is 0.253. The minimum atomic E-state index is -0.772. The lowest BCUT2D eigenvalue weighted by atomic mass is 9.76. The van der Waals surface area contributed by atoms with Crippen LogP contribution in [0.1, 0.15) is 26.2 Å². The summed E-state index contributed by atoms with van der Waals surface area (Å²) in [5.74, 6) is -0.519. The van der Waals surface area contributed by atoms with Crippen LogP contribution >= 0.6 is 0 Å². The van der Waals surface area contributed by atoms with Gasteiger partial charge in [-0.2, -0.15) is 0 Å². The molecule has 0 aromatic carbocycles. The molecule has 0 spiro atoms. The highest BCUT2D eigenvalue weighted by Gasteiger charge is 2.40. The van der Waals surface area contributed by atoms with Gasteiger partial charge in [0.05, 0.1) is 5.41 Å². The molecular weight excluding hydrogens is 260 g/mol. The van der Waals surface area contributed by atoms with Crippen molar-refractivity contribution in [1.82, 2.24) is 14.9 Å². The van der Waals surface area contributed by atoms with Gasteiger partial charge in [-0.25, -0.2) is 14.8 Å². The zero-order valence-corrected chi connectivity index (χ0v) is 11.4. The monoisotopic (exact) mass is 278 g/mol. The molecule has 2 amide bonds. The molecule has 0 aliphatic carbocycles. The van der Waals surface area contributed by atoms with E-state index in [0.717, 1.165) is 0 Å². The number of carboxylic acids is 1. The Morgan fingerprint density at radius 1 is 1.35 bits per heavy atom. The normalized spacial score (nSPS) is 17.6. The molecule has 1 aliphatic heterocycles. The van der Waals surface area contributed by atoms with Crippen molar-refractivity contribution in [2.45, 2.75) is 26.2 Å². The van der Waals surface area contributed by atoms with E-state index in [1.807, 2.05) is 6.92 Å². The summed E-state index contributed by atoms with van der Waals surface area (Å²) in [6.45, 7) is 2.74. The van der Waals surface area contributed by atoms with Crippen molar-refractivity contribution < 1.29 is 14.7 Å². The maximum absolute atomic E-state index is 12.0. The van der Waals surface area contributed by atoms with Crippen LogP contribution in [0.2, 0.25) is 0 Å². The number of aliphatic carboxylic acids is 1. The molecule has 0 saturated carbocycles. The van der Waals surface area contributed by atoms with Crippen LogP contribution in [0.5, 0.6) is 0 Å². The number of rotatable bonds is 3.